The molecule has 0 atom stereocenters. The second-order valence-corrected chi connectivity index (χ2v) is 8.54. The Morgan fingerprint density at radius 3 is 2.45 bits per heavy atom. The summed E-state index contributed by atoms with van der Waals surface area (Å²) in [5, 5.41) is 1.06. The van der Waals surface area contributed by atoms with Gasteiger partial charge in [0.2, 0.25) is 0 Å². The summed E-state index contributed by atoms with van der Waals surface area (Å²) in [6, 6.07) is 18.4. The molecular formula is C26H24N2O4S. The molecule has 0 N–H and O–H groups in total. The molecular weight excluding hydrogens is 436 g/mol. The first-order chi connectivity index (χ1) is 15.9. The maximum Gasteiger partial charge on any atom is 0.266 e. The number of Topliss-reactive ketones (excluding diaryl/α,β-unsaturated/α-hetero) is 1. The van der Waals surface area contributed by atoms with Crippen molar-refractivity contribution in [3.8, 4) is 17.2 Å². The van der Waals surface area contributed by atoms with E-state index >= 15 is 0 Å². The van der Waals surface area contributed by atoms with Crippen LogP contribution in [0.4, 0.5) is 0 Å². The van der Waals surface area contributed by atoms with Gasteiger partial charge >= 0.3 is 0 Å². The lowest BCUT2D eigenvalue weighted by Gasteiger charge is -2.17. The minimum Gasteiger partial charge on any atom is -0.496 e. The Labute approximate surface area is 196 Å². The molecule has 0 aliphatic rings. The van der Waals surface area contributed by atoms with E-state index in [1.165, 1.54) is 18.7 Å². The SMILES string of the molecule is COc1ccc(C(C)=O)cc1CSc1nc2ccccc2c(=O)n1-c1cc(C)ccc1OC. The molecule has 0 spiro atoms. The summed E-state index contributed by atoms with van der Waals surface area (Å²) in [4.78, 5) is 30.3. The van der Waals surface area contributed by atoms with E-state index in [1.807, 2.05) is 49.4 Å². The fourth-order valence-corrected chi connectivity index (χ4v) is 4.63. The third-order valence-electron chi connectivity index (χ3n) is 5.36. The molecule has 0 bridgehead atoms. The van der Waals surface area contributed by atoms with E-state index in [0.29, 0.717) is 44.6 Å². The van der Waals surface area contributed by atoms with Crippen molar-refractivity contribution in [2.24, 2.45) is 0 Å². The minimum absolute atomic E-state index is 0.0193. The van der Waals surface area contributed by atoms with E-state index in [-0.39, 0.29) is 11.3 Å². The third-order valence-corrected chi connectivity index (χ3v) is 6.35. The van der Waals surface area contributed by atoms with Crippen LogP contribution < -0.4 is 15.0 Å². The first-order valence-corrected chi connectivity index (χ1v) is 11.4. The van der Waals surface area contributed by atoms with E-state index in [9.17, 15) is 9.59 Å². The molecule has 7 heteroatoms. The summed E-state index contributed by atoms with van der Waals surface area (Å²) in [6.07, 6.45) is 0. The number of hydrogen-bond acceptors (Lipinski definition) is 6. The zero-order chi connectivity index (χ0) is 23.5. The summed E-state index contributed by atoms with van der Waals surface area (Å²) in [6.45, 7) is 3.50. The van der Waals surface area contributed by atoms with Crippen LogP contribution in [-0.4, -0.2) is 29.6 Å². The van der Waals surface area contributed by atoms with Gasteiger partial charge in [-0.25, -0.2) is 4.98 Å². The van der Waals surface area contributed by atoms with Crippen LogP contribution in [0.15, 0.2) is 70.6 Å². The van der Waals surface area contributed by atoms with Crippen LogP contribution >= 0.6 is 11.8 Å². The summed E-state index contributed by atoms with van der Waals surface area (Å²) >= 11 is 1.40. The third kappa shape index (κ3) is 4.50. The first-order valence-electron chi connectivity index (χ1n) is 10.4. The maximum atomic E-state index is 13.6. The summed E-state index contributed by atoms with van der Waals surface area (Å²) in [7, 11) is 3.18. The number of carbonyl (C=O) groups is 1. The number of nitrogens with zero attached hydrogens (tertiary/aromatic N) is 2. The number of ether oxygens (including phenoxy) is 2. The van der Waals surface area contributed by atoms with Gasteiger partial charge in [0.1, 0.15) is 11.5 Å². The number of aryl methyl sites for hydroxylation is 1. The predicted molar refractivity (Wildman–Crippen MR) is 131 cm³/mol. The van der Waals surface area contributed by atoms with E-state index in [0.717, 1.165) is 11.1 Å². The van der Waals surface area contributed by atoms with E-state index in [1.54, 1.807) is 37.0 Å². The second kappa shape index (κ2) is 9.50. The van der Waals surface area contributed by atoms with Crippen molar-refractivity contribution in [3.63, 3.8) is 0 Å². The molecule has 33 heavy (non-hydrogen) atoms. The van der Waals surface area contributed by atoms with Gasteiger partial charge in [0.05, 0.1) is 30.8 Å². The van der Waals surface area contributed by atoms with Crippen LogP contribution in [0.5, 0.6) is 11.5 Å². The van der Waals surface area contributed by atoms with Crippen molar-refractivity contribution in [1.82, 2.24) is 9.55 Å². The molecule has 0 fully saturated rings. The molecule has 4 aromatic rings. The Bertz CT molecular complexity index is 1410. The van der Waals surface area contributed by atoms with Crippen LogP contribution in [0, 0.1) is 6.92 Å². The molecule has 0 saturated heterocycles. The lowest BCUT2D eigenvalue weighted by Crippen LogP contribution is -2.22. The highest BCUT2D eigenvalue weighted by molar-refractivity contribution is 7.98. The van der Waals surface area contributed by atoms with E-state index in [2.05, 4.69) is 0 Å². The highest BCUT2D eigenvalue weighted by atomic mass is 32.2. The molecule has 1 heterocycles. The zero-order valence-corrected chi connectivity index (χ0v) is 19.7. The topological polar surface area (TPSA) is 70.4 Å². The van der Waals surface area contributed by atoms with E-state index < -0.39 is 0 Å². The summed E-state index contributed by atoms with van der Waals surface area (Å²) < 4.78 is 12.7. The van der Waals surface area contributed by atoms with Crippen molar-refractivity contribution in [2.45, 2.75) is 24.8 Å². The molecule has 0 aliphatic heterocycles. The van der Waals surface area contributed by atoms with Gasteiger partial charge in [0, 0.05) is 16.9 Å². The number of aromatic nitrogens is 2. The quantitative estimate of drug-likeness (QED) is 0.214. The molecule has 0 amide bonds. The number of fused-ring (bicyclic) bond motifs is 1. The van der Waals surface area contributed by atoms with Crippen LogP contribution in [0.2, 0.25) is 0 Å². The Morgan fingerprint density at radius 2 is 1.73 bits per heavy atom. The first kappa shape index (κ1) is 22.6. The lowest BCUT2D eigenvalue weighted by molar-refractivity contribution is 0.101. The number of hydrogen-bond donors (Lipinski definition) is 0. The Morgan fingerprint density at radius 1 is 1.00 bits per heavy atom. The fourth-order valence-electron chi connectivity index (χ4n) is 3.65. The average Bonchev–Trinajstić information content (AvgIpc) is 2.82. The van der Waals surface area contributed by atoms with Crippen molar-refractivity contribution < 1.29 is 14.3 Å². The molecule has 1 aromatic heterocycles. The Kier molecular flexibility index (Phi) is 6.51. The lowest BCUT2D eigenvalue weighted by atomic mass is 10.1. The molecule has 168 valence electrons. The zero-order valence-electron chi connectivity index (χ0n) is 18.9. The molecule has 0 saturated carbocycles. The number of para-hydroxylation sites is 1. The van der Waals surface area contributed by atoms with Gasteiger partial charge in [0.25, 0.3) is 5.56 Å². The highest BCUT2D eigenvalue weighted by Gasteiger charge is 2.18. The van der Waals surface area contributed by atoms with Crippen molar-refractivity contribution in [2.75, 3.05) is 14.2 Å². The number of benzene rings is 3. The fraction of sp³-hybridized carbons (Fsp3) is 0.192. The molecule has 3 aromatic carbocycles. The van der Waals surface area contributed by atoms with Crippen LogP contribution in [0.25, 0.3) is 16.6 Å². The van der Waals surface area contributed by atoms with Gasteiger partial charge in [-0.3, -0.25) is 14.2 Å². The summed E-state index contributed by atoms with van der Waals surface area (Å²) in [5.41, 5.74) is 3.54. The molecule has 6 nitrogen and oxygen atoms in total. The summed E-state index contributed by atoms with van der Waals surface area (Å²) in [5.74, 6) is 1.70. The minimum atomic E-state index is -0.170. The van der Waals surface area contributed by atoms with E-state index in [4.69, 9.17) is 14.5 Å². The number of ketones is 1. The highest BCUT2D eigenvalue weighted by Crippen LogP contribution is 2.32. The molecule has 4 rings (SSSR count). The van der Waals surface area contributed by atoms with Crippen LogP contribution in [0.3, 0.4) is 0 Å². The van der Waals surface area contributed by atoms with Crippen LogP contribution in [0.1, 0.15) is 28.4 Å². The van der Waals surface area contributed by atoms with Gasteiger partial charge in [0.15, 0.2) is 10.9 Å². The van der Waals surface area contributed by atoms with Gasteiger partial charge in [-0.1, -0.05) is 30.0 Å². The van der Waals surface area contributed by atoms with Gasteiger partial charge < -0.3 is 9.47 Å². The normalized spacial score (nSPS) is 10.9. The van der Waals surface area contributed by atoms with Gasteiger partial charge in [-0.15, -0.1) is 0 Å². The van der Waals surface area contributed by atoms with Crippen molar-refractivity contribution in [3.05, 3.63) is 87.7 Å². The van der Waals surface area contributed by atoms with Gasteiger partial charge in [-0.2, -0.15) is 0 Å². The smallest absolute Gasteiger partial charge is 0.266 e. The van der Waals surface area contributed by atoms with Crippen molar-refractivity contribution in [1.29, 1.82) is 0 Å². The number of methoxy groups -OCH3 is 2. The number of carbonyl (C=O) groups excluding carboxylic acids is 1. The maximum absolute atomic E-state index is 13.6. The van der Waals surface area contributed by atoms with Crippen molar-refractivity contribution >= 4 is 28.4 Å². The largest absolute Gasteiger partial charge is 0.496 e. The molecule has 0 aliphatic carbocycles. The number of rotatable bonds is 7. The molecule has 0 unspecified atom stereocenters. The van der Waals surface area contributed by atoms with Gasteiger partial charge in [-0.05, 0) is 61.9 Å². The average molecular weight is 461 g/mol. The second-order valence-electron chi connectivity index (χ2n) is 7.60. The number of thioether (sulfide) groups is 1. The standard InChI is InChI=1S/C26H24N2O4S/c1-16-9-11-24(32-4)22(13-16)28-25(30)20-7-5-6-8-21(20)27-26(28)33-15-19-14-18(17(2)29)10-12-23(19)31-3/h5-14H,15H2,1-4H3. The predicted octanol–water partition coefficient (Wildman–Crippen LogP) is 5.21. The Balaban J connectivity index is 1.87. The van der Waals surface area contributed by atoms with Crippen LogP contribution in [-0.2, 0) is 5.75 Å². The Hall–Kier alpha value is -3.58. The monoisotopic (exact) mass is 460 g/mol. The molecule has 0 radical (unpaired) electrons.